The van der Waals surface area contributed by atoms with Crippen LogP contribution in [0.1, 0.15) is 31.2 Å². The van der Waals surface area contributed by atoms with Crippen molar-refractivity contribution in [1.82, 2.24) is 4.90 Å². The Morgan fingerprint density at radius 3 is 2.55 bits per heavy atom. The minimum absolute atomic E-state index is 0.292. The summed E-state index contributed by atoms with van der Waals surface area (Å²) < 4.78 is 13.2. The molecule has 0 spiro atoms. The molecule has 3 nitrogen and oxygen atoms in total. The first-order valence-corrected chi connectivity index (χ1v) is 7.48. The zero-order valence-corrected chi connectivity index (χ0v) is 11.6. The van der Waals surface area contributed by atoms with Crippen LogP contribution in [0, 0.1) is 17.7 Å². The topological polar surface area (TPSA) is 43.7 Å². The standard InChI is InChI=1S/C15H21BFNO2/c17-14-5-4-13(15(7-14)16(19)20)10-18-8-11-2-1-3-12(6-11)9-18/h4-5,7,11-12,19-20H,1-3,6,8-10H2. The van der Waals surface area contributed by atoms with E-state index in [9.17, 15) is 14.4 Å². The summed E-state index contributed by atoms with van der Waals surface area (Å²) >= 11 is 0. The van der Waals surface area contributed by atoms with E-state index in [1.54, 1.807) is 6.07 Å². The maximum absolute atomic E-state index is 13.2. The number of rotatable bonds is 3. The fourth-order valence-electron chi connectivity index (χ4n) is 3.86. The van der Waals surface area contributed by atoms with Crippen LogP contribution in [0.15, 0.2) is 18.2 Å². The molecule has 2 N–H and O–H groups in total. The van der Waals surface area contributed by atoms with Crippen molar-refractivity contribution in [3.05, 3.63) is 29.6 Å². The van der Waals surface area contributed by atoms with Gasteiger partial charge in [-0.15, -0.1) is 0 Å². The minimum atomic E-state index is -1.61. The highest BCUT2D eigenvalue weighted by atomic mass is 19.1. The number of nitrogens with zero attached hydrogens (tertiary/aromatic N) is 1. The molecule has 1 aromatic carbocycles. The van der Waals surface area contributed by atoms with E-state index in [0.717, 1.165) is 30.5 Å². The molecule has 2 atom stereocenters. The van der Waals surface area contributed by atoms with Crippen LogP contribution >= 0.6 is 0 Å². The summed E-state index contributed by atoms with van der Waals surface area (Å²) in [6.07, 6.45) is 5.31. The number of hydrogen-bond acceptors (Lipinski definition) is 3. The van der Waals surface area contributed by atoms with Gasteiger partial charge < -0.3 is 10.0 Å². The molecule has 2 fully saturated rings. The van der Waals surface area contributed by atoms with Gasteiger partial charge in [0, 0.05) is 19.6 Å². The van der Waals surface area contributed by atoms with Crippen LogP contribution in [0.5, 0.6) is 0 Å². The van der Waals surface area contributed by atoms with Gasteiger partial charge in [-0.25, -0.2) is 4.39 Å². The monoisotopic (exact) mass is 277 g/mol. The van der Waals surface area contributed by atoms with Gasteiger partial charge in [-0.2, -0.15) is 0 Å². The second-order valence-electron chi connectivity index (χ2n) is 6.31. The van der Waals surface area contributed by atoms with Gasteiger partial charge in [0.2, 0.25) is 0 Å². The smallest absolute Gasteiger partial charge is 0.423 e. The van der Waals surface area contributed by atoms with Crippen LogP contribution in [-0.2, 0) is 6.54 Å². The lowest BCUT2D eigenvalue weighted by molar-refractivity contribution is 0.0809. The number of fused-ring (bicyclic) bond motifs is 2. The quantitative estimate of drug-likeness (QED) is 0.814. The van der Waals surface area contributed by atoms with E-state index in [2.05, 4.69) is 4.90 Å². The van der Waals surface area contributed by atoms with Crippen molar-refractivity contribution < 1.29 is 14.4 Å². The minimum Gasteiger partial charge on any atom is -0.423 e. The van der Waals surface area contributed by atoms with Gasteiger partial charge in [-0.05, 0) is 54.3 Å². The van der Waals surface area contributed by atoms with Crippen LogP contribution in [0.4, 0.5) is 4.39 Å². The van der Waals surface area contributed by atoms with Gasteiger partial charge in [-0.1, -0.05) is 12.5 Å². The van der Waals surface area contributed by atoms with Crippen molar-refractivity contribution in [3.63, 3.8) is 0 Å². The molecule has 0 aromatic heterocycles. The lowest BCUT2D eigenvalue weighted by Crippen LogP contribution is -2.44. The van der Waals surface area contributed by atoms with Crippen molar-refractivity contribution in [2.24, 2.45) is 11.8 Å². The molecular weight excluding hydrogens is 256 g/mol. The molecule has 1 aliphatic carbocycles. The number of hydrogen-bond donors (Lipinski definition) is 2. The van der Waals surface area contributed by atoms with E-state index in [1.807, 2.05) is 0 Å². The summed E-state index contributed by atoms with van der Waals surface area (Å²) in [4.78, 5) is 2.39. The molecule has 2 aliphatic rings. The first kappa shape index (κ1) is 14.0. The highest BCUT2D eigenvalue weighted by Gasteiger charge is 2.31. The Hall–Kier alpha value is -0.905. The highest BCUT2D eigenvalue weighted by Crippen LogP contribution is 2.34. The summed E-state index contributed by atoms with van der Waals surface area (Å²) in [5, 5.41) is 18.8. The molecule has 1 heterocycles. The average Bonchev–Trinajstić information content (AvgIpc) is 2.40. The van der Waals surface area contributed by atoms with Crippen molar-refractivity contribution >= 4 is 12.6 Å². The number of likely N-dealkylation sites (tertiary alicyclic amines) is 1. The number of piperidine rings is 1. The molecule has 1 saturated heterocycles. The molecule has 3 rings (SSSR count). The third kappa shape index (κ3) is 3.05. The van der Waals surface area contributed by atoms with Crippen molar-refractivity contribution in [2.75, 3.05) is 13.1 Å². The summed E-state index contributed by atoms with van der Waals surface area (Å²) in [5.74, 6) is 1.14. The second kappa shape index (κ2) is 5.84. The molecule has 108 valence electrons. The SMILES string of the molecule is OB(O)c1cc(F)ccc1CN1CC2CCCC(C2)C1. The van der Waals surface area contributed by atoms with Crippen molar-refractivity contribution in [1.29, 1.82) is 0 Å². The van der Waals surface area contributed by atoms with Crippen LogP contribution in [-0.4, -0.2) is 35.2 Å². The Kier molecular flexibility index (Phi) is 4.10. The van der Waals surface area contributed by atoms with Gasteiger partial charge in [0.15, 0.2) is 0 Å². The van der Waals surface area contributed by atoms with Crippen LogP contribution in [0.25, 0.3) is 0 Å². The van der Waals surface area contributed by atoms with Crippen molar-refractivity contribution in [2.45, 2.75) is 32.2 Å². The largest absolute Gasteiger partial charge is 0.488 e. The Labute approximate surface area is 119 Å². The molecular formula is C15H21BFNO2. The zero-order chi connectivity index (χ0) is 14.1. The fraction of sp³-hybridized carbons (Fsp3) is 0.600. The number of benzene rings is 1. The zero-order valence-electron chi connectivity index (χ0n) is 11.6. The molecule has 1 aliphatic heterocycles. The van der Waals surface area contributed by atoms with Gasteiger partial charge in [-0.3, -0.25) is 4.90 Å². The Morgan fingerprint density at radius 2 is 1.90 bits per heavy atom. The Morgan fingerprint density at radius 1 is 1.20 bits per heavy atom. The summed E-state index contributed by atoms with van der Waals surface area (Å²) in [6, 6.07) is 4.30. The second-order valence-corrected chi connectivity index (χ2v) is 6.31. The third-order valence-corrected chi connectivity index (χ3v) is 4.70. The van der Waals surface area contributed by atoms with Crippen molar-refractivity contribution in [3.8, 4) is 0 Å². The normalized spacial score (nSPS) is 26.6. The lowest BCUT2D eigenvalue weighted by Gasteiger charge is -2.41. The van der Waals surface area contributed by atoms with E-state index >= 15 is 0 Å². The fourth-order valence-corrected chi connectivity index (χ4v) is 3.86. The lowest BCUT2D eigenvalue weighted by atomic mass is 9.75. The van der Waals surface area contributed by atoms with Gasteiger partial charge in [0.05, 0.1) is 0 Å². The molecule has 1 aromatic rings. The third-order valence-electron chi connectivity index (χ3n) is 4.70. The summed E-state index contributed by atoms with van der Waals surface area (Å²) in [5.41, 5.74) is 1.11. The van der Waals surface area contributed by atoms with Crippen LogP contribution < -0.4 is 5.46 Å². The van der Waals surface area contributed by atoms with Crippen LogP contribution in [0.3, 0.4) is 0 Å². The first-order chi connectivity index (χ1) is 9.61. The maximum Gasteiger partial charge on any atom is 0.488 e. The van der Waals surface area contributed by atoms with E-state index in [-0.39, 0.29) is 0 Å². The molecule has 1 saturated carbocycles. The van der Waals surface area contributed by atoms with Gasteiger partial charge in [0.25, 0.3) is 0 Å². The van der Waals surface area contributed by atoms with E-state index in [0.29, 0.717) is 12.0 Å². The van der Waals surface area contributed by atoms with Gasteiger partial charge in [0.1, 0.15) is 5.82 Å². The first-order valence-electron chi connectivity index (χ1n) is 7.48. The molecule has 5 heteroatoms. The molecule has 2 bridgehead atoms. The van der Waals surface area contributed by atoms with E-state index in [1.165, 1.54) is 37.8 Å². The van der Waals surface area contributed by atoms with E-state index < -0.39 is 12.9 Å². The molecule has 0 amide bonds. The summed E-state index contributed by atoms with van der Waals surface area (Å²) in [6.45, 7) is 2.84. The maximum atomic E-state index is 13.2. The summed E-state index contributed by atoms with van der Waals surface area (Å²) in [7, 11) is -1.61. The number of halogens is 1. The average molecular weight is 277 g/mol. The molecule has 20 heavy (non-hydrogen) atoms. The predicted octanol–water partition coefficient (Wildman–Crippen LogP) is 1.13. The Balaban J connectivity index is 1.74. The predicted molar refractivity (Wildman–Crippen MR) is 77.0 cm³/mol. The van der Waals surface area contributed by atoms with Crippen LogP contribution in [0.2, 0.25) is 0 Å². The van der Waals surface area contributed by atoms with E-state index in [4.69, 9.17) is 0 Å². The molecule has 0 radical (unpaired) electrons. The van der Waals surface area contributed by atoms with Gasteiger partial charge >= 0.3 is 7.12 Å². The molecule has 2 unspecified atom stereocenters. The highest BCUT2D eigenvalue weighted by molar-refractivity contribution is 6.59. The Bertz CT molecular complexity index is 471.